The lowest BCUT2D eigenvalue weighted by atomic mass is 10.1. The van der Waals surface area contributed by atoms with Crippen molar-refractivity contribution in [3.05, 3.63) is 70.8 Å². The van der Waals surface area contributed by atoms with Crippen LogP contribution in [0.25, 0.3) is 0 Å². The van der Waals surface area contributed by atoms with Gasteiger partial charge in [0.05, 0.1) is 17.2 Å². The standard InChI is InChI=1S/C16H13F3N2/c17-16(18,19)15-7-3-4-12(8-15)10-21-11-14-6-2-1-5-13(14)9-20/h1-8,21H,10-11H2. The minimum absolute atomic E-state index is 0.309. The second-order valence-electron chi connectivity index (χ2n) is 4.57. The molecule has 0 saturated heterocycles. The van der Waals surface area contributed by atoms with Gasteiger partial charge in [0.25, 0.3) is 0 Å². The molecule has 0 saturated carbocycles. The zero-order valence-corrected chi connectivity index (χ0v) is 11.1. The number of alkyl halides is 3. The molecule has 2 rings (SSSR count). The molecule has 0 heterocycles. The maximum atomic E-state index is 12.6. The summed E-state index contributed by atoms with van der Waals surface area (Å²) in [6, 6.07) is 14.4. The Morgan fingerprint density at radius 1 is 1.00 bits per heavy atom. The molecule has 0 aliphatic heterocycles. The molecule has 108 valence electrons. The van der Waals surface area contributed by atoms with Crippen LogP contribution >= 0.6 is 0 Å². The smallest absolute Gasteiger partial charge is 0.309 e. The van der Waals surface area contributed by atoms with Crippen LogP contribution in [0.5, 0.6) is 0 Å². The van der Waals surface area contributed by atoms with Gasteiger partial charge in [-0.2, -0.15) is 18.4 Å². The van der Waals surface area contributed by atoms with Gasteiger partial charge < -0.3 is 5.32 Å². The predicted octanol–water partition coefficient (Wildman–Crippen LogP) is 3.87. The van der Waals surface area contributed by atoms with E-state index in [1.807, 2.05) is 12.1 Å². The van der Waals surface area contributed by atoms with Crippen molar-refractivity contribution in [2.45, 2.75) is 19.3 Å². The first-order valence-corrected chi connectivity index (χ1v) is 6.35. The highest BCUT2D eigenvalue weighted by Crippen LogP contribution is 2.29. The molecule has 2 nitrogen and oxygen atoms in total. The fourth-order valence-electron chi connectivity index (χ4n) is 1.98. The highest BCUT2D eigenvalue weighted by atomic mass is 19.4. The Morgan fingerprint density at radius 3 is 2.48 bits per heavy atom. The zero-order valence-electron chi connectivity index (χ0n) is 11.1. The van der Waals surface area contributed by atoms with Gasteiger partial charge in [0.1, 0.15) is 0 Å². The highest BCUT2D eigenvalue weighted by Gasteiger charge is 2.30. The summed E-state index contributed by atoms with van der Waals surface area (Å²) >= 11 is 0. The van der Waals surface area contributed by atoms with Gasteiger partial charge in [0, 0.05) is 13.1 Å². The minimum atomic E-state index is -4.33. The Hall–Kier alpha value is -2.32. The molecule has 2 aromatic carbocycles. The van der Waals surface area contributed by atoms with Gasteiger partial charge in [-0.25, -0.2) is 0 Å². The summed E-state index contributed by atoms with van der Waals surface area (Å²) in [5, 5.41) is 12.0. The van der Waals surface area contributed by atoms with E-state index in [-0.39, 0.29) is 0 Å². The average Bonchev–Trinajstić information content (AvgIpc) is 2.47. The van der Waals surface area contributed by atoms with E-state index in [9.17, 15) is 13.2 Å². The van der Waals surface area contributed by atoms with Crippen LogP contribution in [0, 0.1) is 11.3 Å². The number of nitrogens with one attached hydrogen (secondary N) is 1. The first kappa shape index (κ1) is 15.1. The molecule has 5 heteroatoms. The average molecular weight is 290 g/mol. The van der Waals surface area contributed by atoms with Crippen LogP contribution in [0.4, 0.5) is 13.2 Å². The van der Waals surface area contributed by atoms with Crippen molar-refractivity contribution in [1.82, 2.24) is 5.32 Å². The van der Waals surface area contributed by atoms with E-state index in [4.69, 9.17) is 5.26 Å². The zero-order chi connectivity index (χ0) is 15.3. The third-order valence-electron chi connectivity index (χ3n) is 3.04. The topological polar surface area (TPSA) is 35.8 Å². The molecule has 0 fully saturated rings. The Labute approximate surface area is 120 Å². The summed E-state index contributed by atoms with van der Waals surface area (Å²) in [6.07, 6.45) is -4.33. The Bertz CT molecular complexity index is 657. The van der Waals surface area contributed by atoms with Crippen molar-refractivity contribution in [3.63, 3.8) is 0 Å². The number of rotatable bonds is 4. The monoisotopic (exact) mass is 290 g/mol. The SMILES string of the molecule is N#Cc1ccccc1CNCc1cccc(C(F)(F)F)c1. The van der Waals surface area contributed by atoms with Crippen molar-refractivity contribution >= 4 is 0 Å². The predicted molar refractivity (Wildman–Crippen MR) is 73.1 cm³/mol. The largest absolute Gasteiger partial charge is 0.416 e. The summed E-state index contributed by atoms with van der Waals surface area (Å²) in [6.45, 7) is 0.740. The molecule has 0 bridgehead atoms. The maximum absolute atomic E-state index is 12.6. The van der Waals surface area contributed by atoms with Gasteiger partial charge in [0.15, 0.2) is 0 Å². The van der Waals surface area contributed by atoms with Crippen LogP contribution < -0.4 is 5.32 Å². The molecule has 0 atom stereocenters. The second-order valence-corrected chi connectivity index (χ2v) is 4.57. The number of nitriles is 1. The molecule has 1 N–H and O–H groups in total. The maximum Gasteiger partial charge on any atom is 0.416 e. The summed E-state index contributed by atoms with van der Waals surface area (Å²) in [4.78, 5) is 0. The second kappa shape index (κ2) is 6.42. The summed E-state index contributed by atoms with van der Waals surface area (Å²) in [7, 11) is 0. The van der Waals surface area contributed by atoms with Crippen molar-refractivity contribution in [2.75, 3.05) is 0 Å². The van der Waals surface area contributed by atoms with Crippen LogP contribution in [0.1, 0.15) is 22.3 Å². The summed E-state index contributed by atoms with van der Waals surface area (Å²) in [5.74, 6) is 0. The summed E-state index contributed by atoms with van der Waals surface area (Å²) in [5.41, 5.74) is 1.29. The van der Waals surface area contributed by atoms with Gasteiger partial charge >= 0.3 is 6.18 Å². The number of hydrogen-bond donors (Lipinski definition) is 1. The number of halogens is 3. The van der Waals surface area contributed by atoms with E-state index < -0.39 is 11.7 Å². The third kappa shape index (κ3) is 4.07. The lowest BCUT2D eigenvalue weighted by Crippen LogP contribution is -2.14. The van der Waals surface area contributed by atoms with Crippen molar-refractivity contribution in [1.29, 1.82) is 5.26 Å². The van der Waals surface area contributed by atoms with Crippen molar-refractivity contribution in [3.8, 4) is 6.07 Å². The molecule has 2 aromatic rings. The highest BCUT2D eigenvalue weighted by molar-refractivity contribution is 5.37. The molecule has 0 aromatic heterocycles. The van der Waals surface area contributed by atoms with Crippen LogP contribution in [-0.4, -0.2) is 0 Å². The first-order chi connectivity index (χ1) is 10.0. The van der Waals surface area contributed by atoms with Gasteiger partial charge in [-0.05, 0) is 23.3 Å². The normalized spacial score (nSPS) is 11.1. The lowest BCUT2D eigenvalue weighted by Gasteiger charge is -2.10. The van der Waals surface area contributed by atoms with Crippen LogP contribution in [0.3, 0.4) is 0 Å². The molecule has 0 aliphatic rings. The molecular weight excluding hydrogens is 277 g/mol. The Kier molecular flexibility index (Phi) is 4.61. The van der Waals surface area contributed by atoms with Gasteiger partial charge in [-0.1, -0.05) is 36.4 Å². The molecular formula is C16H13F3N2. The van der Waals surface area contributed by atoms with E-state index in [0.29, 0.717) is 24.2 Å². The van der Waals surface area contributed by atoms with Crippen LogP contribution in [0.2, 0.25) is 0 Å². The van der Waals surface area contributed by atoms with E-state index >= 15 is 0 Å². The molecule has 21 heavy (non-hydrogen) atoms. The third-order valence-corrected chi connectivity index (χ3v) is 3.04. The summed E-state index contributed by atoms with van der Waals surface area (Å²) < 4.78 is 37.8. The van der Waals surface area contributed by atoms with Crippen molar-refractivity contribution < 1.29 is 13.2 Å². The minimum Gasteiger partial charge on any atom is -0.309 e. The molecule has 0 spiro atoms. The fourth-order valence-corrected chi connectivity index (χ4v) is 1.98. The number of nitrogens with zero attached hydrogens (tertiary/aromatic N) is 1. The van der Waals surface area contributed by atoms with Crippen molar-refractivity contribution in [2.24, 2.45) is 0 Å². The van der Waals surface area contributed by atoms with Gasteiger partial charge in [-0.3, -0.25) is 0 Å². The van der Waals surface area contributed by atoms with E-state index in [0.717, 1.165) is 17.7 Å². The molecule has 0 radical (unpaired) electrons. The molecule has 0 unspecified atom stereocenters. The molecule has 0 amide bonds. The van der Waals surface area contributed by atoms with E-state index in [1.165, 1.54) is 6.07 Å². The fraction of sp³-hybridized carbons (Fsp3) is 0.188. The van der Waals surface area contributed by atoms with Crippen LogP contribution in [0.15, 0.2) is 48.5 Å². The van der Waals surface area contributed by atoms with Gasteiger partial charge in [0.2, 0.25) is 0 Å². The number of hydrogen-bond acceptors (Lipinski definition) is 2. The molecule has 0 aliphatic carbocycles. The van der Waals surface area contributed by atoms with E-state index in [2.05, 4.69) is 11.4 Å². The van der Waals surface area contributed by atoms with Crippen LogP contribution in [-0.2, 0) is 19.3 Å². The quantitative estimate of drug-likeness (QED) is 0.928. The lowest BCUT2D eigenvalue weighted by molar-refractivity contribution is -0.137. The number of benzene rings is 2. The van der Waals surface area contributed by atoms with E-state index in [1.54, 1.807) is 18.2 Å². The van der Waals surface area contributed by atoms with Gasteiger partial charge in [-0.15, -0.1) is 0 Å². The first-order valence-electron chi connectivity index (χ1n) is 6.35. The Morgan fingerprint density at radius 2 is 1.76 bits per heavy atom. The Balaban J connectivity index is 2.00.